The molecular weight excluding hydrogens is 332 g/mol. The number of hydrogen-bond donors (Lipinski definition) is 0. The molecule has 0 saturated heterocycles. The Labute approximate surface area is 136 Å². The van der Waals surface area contributed by atoms with E-state index in [1.807, 2.05) is 20.8 Å². The maximum absolute atomic E-state index is 14.1. The fourth-order valence-corrected chi connectivity index (χ4v) is 2.19. The van der Waals surface area contributed by atoms with Crippen LogP contribution in [0.1, 0.15) is 31.9 Å². The zero-order valence-electron chi connectivity index (χ0n) is 12.8. The molecule has 2 aromatic carbocycles. The van der Waals surface area contributed by atoms with Crippen molar-refractivity contribution in [2.45, 2.75) is 32.4 Å². The van der Waals surface area contributed by atoms with Gasteiger partial charge in [-0.05, 0) is 41.3 Å². The van der Waals surface area contributed by atoms with Crippen molar-refractivity contribution in [3.05, 3.63) is 58.4 Å². The lowest BCUT2D eigenvalue weighted by Gasteiger charge is -2.19. The highest BCUT2D eigenvalue weighted by Gasteiger charge is 2.33. The first-order valence-electron chi connectivity index (χ1n) is 6.83. The summed E-state index contributed by atoms with van der Waals surface area (Å²) in [5.74, 6) is -0.918. The summed E-state index contributed by atoms with van der Waals surface area (Å²) < 4.78 is 57.8. The molecule has 0 aliphatic rings. The Kier molecular flexibility index (Phi) is 4.62. The van der Waals surface area contributed by atoms with Crippen LogP contribution < -0.4 is 4.74 Å². The van der Waals surface area contributed by atoms with E-state index in [0.29, 0.717) is 0 Å². The van der Waals surface area contributed by atoms with Crippen LogP contribution in [0.15, 0.2) is 36.4 Å². The Morgan fingerprint density at radius 1 is 0.957 bits per heavy atom. The second-order valence-electron chi connectivity index (χ2n) is 6.14. The first-order valence-corrected chi connectivity index (χ1v) is 7.21. The SMILES string of the molecule is CC(C)(C)c1ccc(Oc2ccc(Cl)c(C(F)(F)F)c2)c(F)c1. The number of ether oxygens (including phenoxy) is 1. The maximum Gasteiger partial charge on any atom is 0.417 e. The van der Waals surface area contributed by atoms with Gasteiger partial charge >= 0.3 is 6.18 Å². The summed E-state index contributed by atoms with van der Waals surface area (Å²) in [4.78, 5) is 0. The maximum atomic E-state index is 14.1. The topological polar surface area (TPSA) is 9.23 Å². The third-order valence-electron chi connectivity index (χ3n) is 3.27. The minimum absolute atomic E-state index is 0.135. The van der Waals surface area contributed by atoms with E-state index in [1.165, 1.54) is 18.2 Å². The molecule has 2 rings (SSSR count). The number of alkyl halides is 3. The van der Waals surface area contributed by atoms with Crippen molar-refractivity contribution in [2.75, 3.05) is 0 Å². The minimum Gasteiger partial charge on any atom is -0.454 e. The van der Waals surface area contributed by atoms with Crippen LogP contribution in [0.25, 0.3) is 0 Å². The van der Waals surface area contributed by atoms with Crippen molar-refractivity contribution in [3.8, 4) is 11.5 Å². The predicted molar refractivity (Wildman–Crippen MR) is 81.6 cm³/mol. The van der Waals surface area contributed by atoms with Crippen molar-refractivity contribution < 1.29 is 22.3 Å². The van der Waals surface area contributed by atoms with Crippen LogP contribution in [-0.2, 0) is 11.6 Å². The van der Waals surface area contributed by atoms with Gasteiger partial charge in [0.25, 0.3) is 0 Å². The van der Waals surface area contributed by atoms with Gasteiger partial charge in [0, 0.05) is 0 Å². The van der Waals surface area contributed by atoms with E-state index in [2.05, 4.69) is 0 Å². The number of benzene rings is 2. The molecular formula is C17H15ClF4O. The molecule has 0 aliphatic heterocycles. The van der Waals surface area contributed by atoms with Crippen molar-refractivity contribution in [3.63, 3.8) is 0 Å². The van der Waals surface area contributed by atoms with Crippen LogP contribution in [0, 0.1) is 5.82 Å². The summed E-state index contributed by atoms with van der Waals surface area (Å²) in [6, 6.07) is 7.47. The molecule has 0 unspecified atom stereocenters. The van der Waals surface area contributed by atoms with Crippen molar-refractivity contribution >= 4 is 11.6 Å². The molecule has 0 atom stereocenters. The molecule has 124 valence electrons. The molecule has 0 radical (unpaired) electrons. The van der Waals surface area contributed by atoms with Crippen molar-refractivity contribution in [2.24, 2.45) is 0 Å². The molecule has 0 spiro atoms. The summed E-state index contributed by atoms with van der Waals surface area (Å²) in [7, 11) is 0. The molecule has 6 heteroatoms. The van der Waals surface area contributed by atoms with Crippen LogP contribution in [0.5, 0.6) is 11.5 Å². The Bertz CT molecular complexity index is 718. The second kappa shape index (κ2) is 6.04. The first-order chi connectivity index (χ1) is 10.5. The van der Waals surface area contributed by atoms with Gasteiger partial charge in [0.1, 0.15) is 5.75 Å². The third kappa shape index (κ3) is 4.16. The van der Waals surface area contributed by atoms with Crippen molar-refractivity contribution in [1.29, 1.82) is 0 Å². The summed E-state index contributed by atoms with van der Waals surface area (Å²) in [5, 5.41) is -0.437. The van der Waals surface area contributed by atoms with Gasteiger partial charge in [-0.15, -0.1) is 0 Å². The zero-order valence-corrected chi connectivity index (χ0v) is 13.5. The highest BCUT2D eigenvalue weighted by Crippen LogP contribution is 2.38. The highest BCUT2D eigenvalue weighted by molar-refractivity contribution is 6.31. The number of halogens is 5. The number of hydrogen-bond acceptors (Lipinski definition) is 1. The predicted octanol–water partition coefficient (Wildman–Crippen LogP) is 6.59. The lowest BCUT2D eigenvalue weighted by Crippen LogP contribution is -2.11. The normalized spacial score (nSPS) is 12.3. The third-order valence-corrected chi connectivity index (χ3v) is 3.60. The molecule has 0 heterocycles. The largest absolute Gasteiger partial charge is 0.454 e. The van der Waals surface area contributed by atoms with E-state index in [1.54, 1.807) is 6.07 Å². The van der Waals surface area contributed by atoms with Gasteiger partial charge in [0.2, 0.25) is 0 Å². The molecule has 0 aliphatic carbocycles. The van der Waals surface area contributed by atoms with Gasteiger partial charge in [-0.25, -0.2) is 4.39 Å². The van der Waals surface area contributed by atoms with E-state index < -0.39 is 22.6 Å². The van der Waals surface area contributed by atoms with Gasteiger partial charge in [-0.3, -0.25) is 0 Å². The summed E-state index contributed by atoms with van der Waals surface area (Å²) in [6.07, 6.45) is -4.61. The van der Waals surface area contributed by atoms with E-state index in [4.69, 9.17) is 16.3 Å². The van der Waals surface area contributed by atoms with Gasteiger partial charge < -0.3 is 4.74 Å². The molecule has 23 heavy (non-hydrogen) atoms. The average molecular weight is 347 g/mol. The van der Waals surface area contributed by atoms with Crippen LogP contribution in [0.3, 0.4) is 0 Å². The summed E-state index contributed by atoms with van der Waals surface area (Å²) in [6.45, 7) is 5.78. The van der Waals surface area contributed by atoms with E-state index in [-0.39, 0.29) is 16.9 Å². The standard InChI is InChI=1S/C17H15ClF4O/c1-16(2,3)10-4-7-15(14(19)8-10)23-11-5-6-13(18)12(9-11)17(20,21)22/h4-9H,1-3H3. The fourth-order valence-electron chi connectivity index (χ4n) is 1.96. The Hall–Kier alpha value is -1.75. The van der Waals surface area contributed by atoms with Gasteiger partial charge in [0.05, 0.1) is 10.6 Å². The van der Waals surface area contributed by atoms with Gasteiger partial charge in [0.15, 0.2) is 11.6 Å². The Morgan fingerprint density at radius 2 is 1.61 bits per heavy atom. The van der Waals surface area contributed by atoms with E-state index in [9.17, 15) is 17.6 Å². The highest BCUT2D eigenvalue weighted by atomic mass is 35.5. The molecule has 2 aromatic rings. The molecule has 0 aromatic heterocycles. The minimum atomic E-state index is -4.61. The lowest BCUT2D eigenvalue weighted by molar-refractivity contribution is -0.137. The fraction of sp³-hybridized carbons (Fsp3) is 0.294. The molecule has 1 nitrogen and oxygen atoms in total. The zero-order chi connectivity index (χ0) is 17.4. The summed E-state index contributed by atoms with van der Waals surface area (Å²) in [5.41, 5.74) is -0.513. The quantitative estimate of drug-likeness (QED) is 0.557. The Balaban J connectivity index is 2.33. The van der Waals surface area contributed by atoms with Gasteiger partial charge in [-0.2, -0.15) is 13.2 Å². The van der Waals surface area contributed by atoms with Crippen LogP contribution in [0.4, 0.5) is 17.6 Å². The van der Waals surface area contributed by atoms with Gasteiger partial charge in [-0.1, -0.05) is 38.4 Å². The van der Waals surface area contributed by atoms with E-state index >= 15 is 0 Å². The Morgan fingerprint density at radius 3 is 2.13 bits per heavy atom. The molecule has 0 N–H and O–H groups in total. The molecule has 0 bridgehead atoms. The lowest BCUT2D eigenvalue weighted by atomic mass is 9.87. The van der Waals surface area contributed by atoms with Crippen LogP contribution in [0.2, 0.25) is 5.02 Å². The van der Waals surface area contributed by atoms with Crippen molar-refractivity contribution in [1.82, 2.24) is 0 Å². The first kappa shape index (κ1) is 17.6. The molecule has 0 fully saturated rings. The monoisotopic (exact) mass is 346 g/mol. The van der Waals surface area contributed by atoms with E-state index in [0.717, 1.165) is 17.7 Å². The van der Waals surface area contributed by atoms with Crippen LogP contribution in [-0.4, -0.2) is 0 Å². The second-order valence-corrected chi connectivity index (χ2v) is 6.54. The smallest absolute Gasteiger partial charge is 0.417 e. The van der Waals surface area contributed by atoms with Crippen LogP contribution >= 0.6 is 11.6 Å². The molecule has 0 amide bonds. The summed E-state index contributed by atoms with van der Waals surface area (Å²) >= 11 is 5.54. The number of rotatable bonds is 2. The average Bonchev–Trinajstić information content (AvgIpc) is 2.40. The molecule has 0 saturated carbocycles.